The number of piperidine rings is 1. The molecule has 164 valence electrons. The quantitative estimate of drug-likeness (QED) is 0.748. The minimum atomic E-state index is -1.86. The van der Waals surface area contributed by atoms with Gasteiger partial charge in [-0.25, -0.2) is 22.1 Å². The molecule has 1 aromatic carbocycles. The molecule has 1 aliphatic rings. The number of amides is 1. The summed E-state index contributed by atoms with van der Waals surface area (Å²) >= 11 is 0. The lowest BCUT2D eigenvalue weighted by molar-refractivity contribution is 0.101. The zero-order valence-corrected chi connectivity index (χ0v) is 18.1. The van der Waals surface area contributed by atoms with Gasteiger partial charge in [-0.1, -0.05) is 13.8 Å². The predicted octanol–water partition coefficient (Wildman–Crippen LogP) is 3.04. The molecule has 30 heavy (non-hydrogen) atoms. The summed E-state index contributed by atoms with van der Waals surface area (Å²) in [6.07, 6.45) is 2.05. The SMILES string of the molecule is CN1CCC(NS(=O)c2cn(C)c(C(=O)Nc3ccc(F)c(F)c3)c2F)C(C)(C)C1. The molecule has 0 bridgehead atoms. The van der Waals surface area contributed by atoms with Gasteiger partial charge in [0.15, 0.2) is 17.5 Å². The van der Waals surface area contributed by atoms with Crippen LogP contribution in [-0.4, -0.2) is 45.8 Å². The van der Waals surface area contributed by atoms with Crippen LogP contribution in [0.1, 0.15) is 30.8 Å². The summed E-state index contributed by atoms with van der Waals surface area (Å²) in [5.41, 5.74) is -0.540. The van der Waals surface area contributed by atoms with Crippen LogP contribution < -0.4 is 10.0 Å². The third-order valence-corrected chi connectivity index (χ3v) is 6.53. The molecular formula is C20H25F3N4O2S. The molecule has 1 aromatic heterocycles. The maximum absolute atomic E-state index is 15.0. The number of nitrogens with one attached hydrogen (secondary N) is 2. The first-order valence-corrected chi connectivity index (χ1v) is 10.6. The van der Waals surface area contributed by atoms with E-state index < -0.39 is 34.3 Å². The monoisotopic (exact) mass is 442 g/mol. The van der Waals surface area contributed by atoms with Crippen LogP contribution in [0.4, 0.5) is 18.9 Å². The minimum Gasteiger partial charge on any atom is -0.343 e. The third kappa shape index (κ3) is 4.60. The summed E-state index contributed by atoms with van der Waals surface area (Å²) in [5, 5.41) is 2.33. The van der Waals surface area contributed by atoms with Crippen molar-refractivity contribution in [2.24, 2.45) is 12.5 Å². The largest absolute Gasteiger partial charge is 0.343 e. The number of aromatic nitrogens is 1. The predicted molar refractivity (Wildman–Crippen MR) is 109 cm³/mol. The Kier molecular flexibility index (Phi) is 6.40. The van der Waals surface area contributed by atoms with E-state index in [1.165, 1.54) is 23.9 Å². The molecule has 0 spiro atoms. The van der Waals surface area contributed by atoms with Crippen molar-refractivity contribution >= 4 is 22.6 Å². The molecule has 6 nitrogen and oxygen atoms in total. The summed E-state index contributed by atoms with van der Waals surface area (Å²) in [6.45, 7) is 5.75. The van der Waals surface area contributed by atoms with Crippen LogP contribution in [0, 0.1) is 22.9 Å². The second-order valence-electron chi connectivity index (χ2n) is 8.30. The van der Waals surface area contributed by atoms with E-state index in [0.29, 0.717) is 0 Å². The Balaban J connectivity index is 1.78. The summed E-state index contributed by atoms with van der Waals surface area (Å²) in [7, 11) is 1.60. The van der Waals surface area contributed by atoms with Crippen molar-refractivity contribution in [3.8, 4) is 0 Å². The minimum absolute atomic E-state index is 0.0200. The van der Waals surface area contributed by atoms with Crippen LogP contribution in [0.2, 0.25) is 0 Å². The molecule has 0 radical (unpaired) electrons. The Hall–Kier alpha value is -2.17. The second kappa shape index (κ2) is 8.52. The molecule has 1 saturated heterocycles. The smallest absolute Gasteiger partial charge is 0.275 e. The van der Waals surface area contributed by atoms with E-state index in [2.05, 4.69) is 28.8 Å². The highest BCUT2D eigenvalue weighted by molar-refractivity contribution is 7.83. The summed E-state index contributed by atoms with van der Waals surface area (Å²) in [5.74, 6) is -3.97. The topological polar surface area (TPSA) is 66.4 Å². The van der Waals surface area contributed by atoms with Crippen LogP contribution in [0.3, 0.4) is 0 Å². The second-order valence-corrected chi connectivity index (χ2v) is 9.52. The van der Waals surface area contributed by atoms with Crippen molar-refractivity contribution in [2.75, 3.05) is 25.5 Å². The van der Waals surface area contributed by atoms with Crippen LogP contribution in [0.25, 0.3) is 0 Å². The lowest BCUT2D eigenvalue weighted by atomic mass is 9.80. The van der Waals surface area contributed by atoms with Gasteiger partial charge in [0.1, 0.15) is 21.6 Å². The average Bonchev–Trinajstić information content (AvgIpc) is 2.94. The number of hydrogen-bond donors (Lipinski definition) is 2. The van der Waals surface area contributed by atoms with Crippen molar-refractivity contribution in [1.82, 2.24) is 14.2 Å². The molecule has 3 rings (SSSR count). The van der Waals surface area contributed by atoms with Crippen molar-refractivity contribution in [3.63, 3.8) is 0 Å². The number of rotatable bonds is 5. The van der Waals surface area contributed by atoms with E-state index in [1.54, 1.807) is 0 Å². The number of aryl methyl sites for hydroxylation is 1. The zero-order chi connectivity index (χ0) is 22.2. The Bertz CT molecular complexity index is 993. The third-order valence-electron chi connectivity index (χ3n) is 5.35. The van der Waals surface area contributed by atoms with E-state index >= 15 is 0 Å². The Morgan fingerprint density at radius 3 is 2.53 bits per heavy atom. The number of anilines is 1. The van der Waals surface area contributed by atoms with E-state index in [1.807, 2.05) is 7.05 Å². The molecule has 2 aromatic rings. The van der Waals surface area contributed by atoms with Crippen molar-refractivity contribution in [1.29, 1.82) is 0 Å². The van der Waals surface area contributed by atoms with Gasteiger partial charge in [0, 0.05) is 37.6 Å². The number of hydrogen-bond acceptors (Lipinski definition) is 3. The highest BCUT2D eigenvalue weighted by Crippen LogP contribution is 2.30. The number of likely N-dealkylation sites (tertiary alicyclic amines) is 1. The first kappa shape index (κ1) is 22.5. The standard InChI is InChI=1S/C20H25F3N4O2S/c1-20(2)11-26(3)8-7-16(20)25-30(29)15-10-27(4)18(17(15)23)19(28)24-12-5-6-13(21)14(22)9-12/h5-6,9-10,16,25H,7-8,11H2,1-4H3,(H,24,28). The maximum atomic E-state index is 15.0. The summed E-state index contributed by atoms with van der Waals surface area (Å²) in [4.78, 5) is 14.6. The fourth-order valence-corrected chi connectivity index (χ4v) is 5.09. The van der Waals surface area contributed by atoms with E-state index in [9.17, 15) is 22.2 Å². The van der Waals surface area contributed by atoms with Gasteiger partial charge in [0.2, 0.25) is 0 Å². The number of benzene rings is 1. The molecule has 1 aliphatic heterocycles. The molecule has 0 saturated carbocycles. The van der Waals surface area contributed by atoms with E-state index in [0.717, 1.165) is 31.6 Å². The molecule has 2 atom stereocenters. The van der Waals surface area contributed by atoms with Gasteiger partial charge in [-0.15, -0.1) is 0 Å². The van der Waals surface area contributed by atoms with Gasteiger partial charge in [-0.05, 0) is 37.6 Å². The first-order chi connectivity index (χ1) is 14.0. The average molecular weight is 443 g/mol. The fourth-order valence-electron chi connectivity index (χ4n) is 3.76. The Morgan fingerprint density at radius 2 is 1.90 bits per heavy atom. The molecule has 2 unspecified atom stereocenters. The molecule has 1 fully saturated rings. The fraction of sp³-hybridized carbons (Fsp3) is 0.450. The molecule has 0 aliphatic carbocycles. The number of carbonyl (C=O) groups excluding carboxylic acids is 1. The van der Waals surface area contributed by atoms with E-state index in [-0.39, 0.29) is 27.7 Å². The van der Waals surface area contributed by atoms with Crippen LogP contribution >= 0.6 is 0 Å². The molecular weight excluding hydrogens is 417 g/mol. The lowest BCUT2D eigenvalue weighted by Gasteiger charge is -2.42. The molecule has 10 heteroatoms. The van der Waals surface area contributed by atoms with Gasteiger partial charge in [-0.2, -0.15) is 0 Å². The van der Waals surface area contributed by atoms with Gasteiger partial charge in [0.25, 0.3) is 5.91 Å². The zero-order valence-electron chi connectivity index (χ0n) is 17.3. The normalized spacial score (nSPS) is 20.2. The van der Waals surface area contributed by atoms with Gasteiger partial charge >= 0.3 is 0 Å². The molecule has 1 amide bonds. The highest BCUT2D eigenvalue weighted by Gasteiger charge is 2.36. The Morgan fingerprint density at radius 1 is 1.20 bits per heavy atom. The number of nitrogens with zero attached hydrogens (tertiary/aromatic N) is 2. The van der Waals surface area contributed by atoms with Gasteiger partial charge in [0.05, 0.1) is 0 Å². The summed E-state index contributed by atoms with van der Waals surface area (Å²) < 4.78 is 58.5. The highest BCUT2D eigenvalue weighted by atomic mass is 32.2. The molecule has 2 N–H and O–H groups in total. The summed E-state index contributed by atoms with van der Waals surface area (Å²) in [6, 6.07) is 2.74. The van der Waals surface area contributed by atoms with Crippen molar-refractivity contribution in [2.45, 2.75) is 31.2 Å². The van der Waals surface area contributed by atoms with Crippen molar-refractivity contribution in [3.05, 3.63) is 47.5 Å². The van der Waals surface area contributed by atoms with Gasteiger partial charge < -0.3 is 14.8 Å². The molecule has 2 heterocycles. The maximum Gasteiger partial charge on any atom is 0.275 e. The Labute approximate surface area is 176 Å². The van der Waals surface area contributed by atoms with E-state index in [4.69, 9.17) is 0 Å². The van der Waals surface area contributed by atoms with Crippen molar-refractivity contribution < 1.29 is 22.2 Å². The first-order valence-electron chi connectivity index (χ1n) is 9.47. The number of halogens is 3. The van der Waals surface area contributed by atoms with Crippen LogP contribution in [0.5, 0.6) is 0 Å². The van der Waals surface area contributed by atoms with Gasteiger partial charge in [-0.3, -0.25) is 4.79 Å². The van der Waals surface area contributed by atoms with Crippen LogP contribution in [-0.2, 0) is 18.0 Å². The van der Waals surface area contributed by atoms with Crippen LogP contribution in [0.15, 0.2) is 29.3 Å². The lowest BCUT2D eigenvalue weighted by Crippen LogP contribution is -2.53. The number of carbonyl (C=O) groups is 1.